The van der Waals surface area contributed by atoms with Crippen LogP contribution in [-0.4, -0.2) is 33.6 Å². The summed E-state index contributed by atoms with van der Waals surface area (Å²) >= 11 is 6.24. The van der Waals surface area contributed by atoms with Crippen molar-refractivity contribution >= 4 is 34.6 Å². The van der Waals surface area contributed by atoms with Crippen LogP contribution in [-0.2, 0) is 9.53 Å². The predicted octanol–water partition coefficient (Wildman–Crippen LogP) is 4.17. The number of ether oxygens (including phenoxy) is 1. The number of anilines is 1. The number of carbonyl (C=O) groups excluding carboxylic acids is 1. The summed E-state index contributed by atoms with van der Waals surface area (Å²) in [5.41, 5.74) is 1.36. The number of benzene rings is 1. The van der Waals surface area contributed by atoms with Gasteiger partial charge in [-0.05, 0) is 44.7 Å². The van der Waals surface area contributed by atoms with Gasteiger partial charge in [0.05, 0.1) is 12.5 Å². The Morgan fingerprint density at radius 3 is 2.73 bits per heavy atom. The second kappa shape index (κ2) is 8.83. The van der Waals surface area contributed by atoms with Crippen LogP contribution in [0.2, 0.25) is 5.02 Å². The summed E-state index contributed by atoms with van der Waals surface area (Å²) in [6.45, 7) is 2.24. The van der Waals surface area contributed by atoms with Crippen molar-refractivity contribution in [2.24, 2.45) is 5.92 Å². The van der Waals surface area contributed by atoms with Crippen LogP contribution in [0.1, 0.15) is 32.6 Å². The number of pyridine rings is 1. The average molecular weight is 427 g/mol. The Kier molecular flexibility index (Phi) is 5.99. The summed E-state index contributed by atoms with van der Waals surface area (Å²) in [5.74, 6) is 0.327. The average Bonchev–Trinajstić information content (AvgIpc) is 2.74. The number of aromatic nitrogens is 3. The predicted molar refractivity (Wildman–Crippen MR) is 117 cm³/mol. The van der Waals surface area contributed by atoms with Crippen LogP contribution in [0.15, 0.2) is 41.3 Å². The zero-order chi connectivity index (χ0) is 21.1. The van der Waals surface area contributed by atoms with Crippen molar-refractivity contribution in [3.05, 3.63) is 51.9 Å². The molecular formula is C22H23ClN4O3. The van der Waals surface area contributed by atoms with Gasteiger partial charge in [0.1, 0.15) is 5.65 Å². The smallest absolute Gasteiger partial charge is 0.308 e. The van der Waals surface area contributed by atoms with Crippen LogP contribution in [0.5, 0.6) is 0 Å². The molecule has 8 heteroatoms. The zero-order valence-electron chi connectivity index (χ0n) is 16.7. The third-order valence-corrected chi connectivity index (χ3v) is 5.77. The van der Waals surface area contributed by atoms with Crippen LogP contribution in [0.4, 0.5) is 5.95 Å². The molecule has 1 aromatic carbocycles. The summed E-state index contributed by atoms with van der Waals surface area (Å²) in [6.07, 6.45) is 4.93. The van der Waals surface area contributed by atoms with Crippen molar-refractivity contribution in [3.63, 3.8) is 0 Å². The minimum atomic E-state index is -0.254. The highest BCUT2D eigenvalue weighted by molar-refractivity contribution is 6.33. The Balaban J connectivity index is 1.50. The summed E-state index contributed by atoms with van der Waals surface area (Å²) < 4.78 is 5.12. The number of nitrogens with one attached hydrogen (secondary N) is 2. The van der Waals surface area contributed by atoms with Gasteiger partial charge in [-0.1, -0.05) is 29.8 Å². The standard InChI is InChI=1S/C22H23ClN4O3/c1-2-30-21(29)13-7-9-15(10-8-13)25-22-24-12-14-11-17(20(28)26-19(14)27-22)16-5-3-4-6-18(16)23/h3-6,11-13,15H,2,7-10H2,1H3,(H2,24,25,26,27,28). The van der Waals surface area contributed by atoms with E-state index < -0.39 is 0 Å². The van der Waals surface area contributed by atoms with E-state index in [-0.39, 0.29) is 23.5 Å². The molecular weight excluding hydrogens is 404 g/mol. The lowest BCUT2D eigenvalue weighted by Gasteiger charge is -2.27. The molecule has 3 aromatic rings. The van der Waals surface area contributed by atoms with Crippen molar-refractivity contribution in [3.8, 4) is 11.1 Å². The number of carbonyl (C=O) groups is 1. The maximum Gasteiger partial charge on any atom is 0.308 e. The lowest BCUT2D eigenvalue weighted by atomic mass is 9.86. The second-order valence-corrected chi connectivity index (χ2v) is 7.84. The highest BCUT2D eigenvalue weighted by Crippen LogP contribution is 2.28. The molecule has 7 nitrogen and oxygen atoms in total. The molecule has 2 heterocycles. The normalized spacial score (nSPS) is 18.9. The number of hydrogen-bond donors (Lipinski definition) is 2. The molecule has 4 rings (SSSR count). The van der Waals surface area contributed by atoms with Gasteiger partial charge in [-0.15, -0.1) is 0 Å². The van der Waals surface area contributed by atoms with E-state index >= 15 is 0 Å². The maximum atomic E-state index is 12.6. The van der Waals surface area contributed by atoms with E-state index in [2.05, 4.69) is 20.3 Å². The van der Waals surface area contributed by atoms with Crippen molar-refractivity contribution in [2.45, 2.75) is 38.6 Å². The summed E-state index contributed by atoms with van der Waals surface area (Å²) in [7, 11) is 0. The first-order valence-electron chi connectivity index (χ1n) is 10.1. The van der Waals surface area contributed by atoms with E-state index in [1.165, 1.54) is 0 Å². The summed E-state index contributed by atoms with van der Waals surface area (Å²) in [4.78, 5) is 36.2. The maximum absolute atomic E-state index is 12.6. The SMILES string of the molecule is CCOC(=O)C1CCC(Nc2ncc3cc(-c4ccccc4Cl)c(=O)[nH]c3n2)CC1. The van der Waals surface area contributed by atoms with Gasteiger partial charge in [0.2, 0.25) is 5.95 Å². The molecule has 1 aliphatic rings. The molecule has 1 fully saturated rings. The molecule has 0 saturated heterocycles. The Labute approximate surface area is 178 Å². The molecule has 2 N–H and O–H groups in total. The molecule has 30 heavy (non-hydrogen) atoms. The van der Waals surface area contributed by atoms with Gasteiger partial charge in [-0.25, -0.2) is 4.98 Å². The first kappa shape index (κ1) is 20.3. The van der Waals surface area contributed by atoms with E-state index in [9.17, 15) is 9.59 Å². The summed E-state index contributed by atoms with van der Waals surface area (Å²) in [5, 5.41) is 4.56. The van der Waals surface area contributed by atoms with Crippen LogP contribution in [0.25, 0.3) is 22.2 Å². The number of esters is 1. The number of nitrogens with zero attached hydrogens (tertiary/aromatic N) is 2. The molecule has 0 unspecified atom stereocenters. The van der Waals surface area contributed by atoms with Crippen LogP contribution >= 0.6 is 11.6 Å². The topological polar surface area (TPSA) is 97.0 Å². The van der Waals surface area contributed by atoms with Gasteiger partial charge in [0.15, 0.2) is 0 Å². The molecule has 1 saturated carbocycles. The molecule has 1 aliphatic carbocycles. The van der Waals surface area contributed by atoms with Crippen molar-refractivity contribution in [1.82, 2.24) is 15.0 Å². The highest BCUT2D eigenvalue weighted by atomic mass is 35.5. The minimum Gasteiger partial charge on any atom is -0.466 e. The Hall–Kier alpha value is -2.93. The monoisotopic (exact) mass is 426 g/mol. The Morgan fingerprint density at radius 2 is 2.00 bits per heavy atom. The second-order valence-electron chi connectivity index (χ2n) is 7.43. The number of H-pyrrole nitrogens is 1. The van der Waals surface area contributed by atoms with Gasteiger partial charge < -0.3 is 15.0 Å². The number of halogens is 1. The molecule has 0 spiro atoms. The van der Waals surface area contributed by atoms with Gasteiger partial charge in [0.25, 0.3) is 5.56 Å². The third kappa shape index (κ3) is 4.31. The first-order valence-corrected chi connectivity index (χ1v) is 10.5. The molecule has 2 aromatic heterocycles. The van der Waals surface area contributed by atoms with Crippen molar-refractivity contribution < 1.29 is 9.53 Å². The van der Waals surface area contributed by atoms with Crippen LogP contribution in [0, 0.1) is 5.92 Å². The number of aromatic amines is 1. The number of hydrogen-bond acceptors (Lipinski definition) is 6. The summed E-state index contributed by atoms with van der Waals surface area (Å²) in [6, 6.07) is 9.15. The molecule has 0 atom stereocenters. The minimum absolute atomic E-state index is 0.0277. The fourth-order valence-electron chi connectivity index (χ4n) is 3.86. The molecule has 0 amide bonds. The lowest BCUT2D eigenvalue weighted by Crippen LogP contribution is -2.30. The Bertz CT molecular complexity index is 1120. The van der Waals surface area contributed by atoms with E-state index in [4.69, 9.17) is 16.3 Å². The largest absolute Gasteiger partial charge is 0.466 e. The first-order chi connectivity index (χ1) is 14.5. The number of rotatable bonds is 5. The Morgan fingerprint density at radius 1 is 1.23 bits per heavy atom. The highest BCUT2D eigenvalue weighted by Gasteiger charge is 2.27. The third-order valence-electron chi connectivity index (χ3n) is 5.44. The van der Waals surface area contributed by atoms with Crippen molar-refractivity contribution in [1.29, 1.82) is 0 Å². The van der Waals surface area contributed by atoms with Crippen LogP contribution in [0.3, 0.4) is 0 Å². The lowest BCUT2D eigenvalue weighted by molar-refractivity contribution is -0.149. The van der Waals surface area contributed by atoms with Crippen LogP contribution < -0.4 is 10.9 Å². The van der Waals surface area contributed by atoms with Gasteiger partial charge in [0, 0.05) is 33.8 Å². The van der Waals surface area contributed by atoms with Gasteiger partial charge in [-0.2, -0.15) is 4.98 Å². The zero-order valence-corrected chi connectivity index (χ0v) is 17.4. The molecule has 156 valence electrons. The fraction of sp³-hybridized carbons (Fsp3) is 0.364. The molecule has 0 bridgehead atoms. The van der Waals surface area contributed by atoms with E-state index in [0.29, 0.717) is 34.4 Å². The van der Waals surface area contributed by atoms with Crippen molar-refractivity contribution in [2.75, 3.05) is 11.9 Å². The van der Waals surface area contributed by atoms with E-state index in [0.717, 1.165) is 31.1 Å². The molecule has 0 aliphatic heterocycles. The quantitative estimate of drug-likeness (QED) is 0.594. The van der Waals surface area contributed by atoms with E-state index in [1.54, 1.807) is 18.3 Å². The fourth-order valence-corrected chi connectivity index (χ4v) is 4.10. The van der Waals surface area contributed by atoms with Gasteiger partial charge >= 0.3 is 5.97 Å². The van der Waals surface area contributed by atoms with E-state index in [1.807, 2.05) is 25.1 Å². The molecule has 0 radical (unpaired) electrons. The number of fused-ring (bicyclic) bond motifs is 1. The van der Waals surface area contributed by atoms with Gasteiger partial charge in [-0.3, -0.25) is 9.59 Å².